The molecule has 0 bridgehead atoms. The van der Waals surface area contributed by atoms with Crippen molar-refractivity contribution in [2.45, 2.75) is 13.5 Å². The number of carbonyl (C=O) groups is 1. The van der Waals surface area contributed by atoms with Crippen molar-refractivity contribution in [3.05, 3.63) is 54.6 Å². The number of ether oxygens (including phenoxy) is 1. The van der Waals surface area contributed by atoms with E-state index in [1.54, 1.807) is 37.6 Å². The number of nitrogens with one attached hydrogen (secondary N) is 2. The fraction of sp³-hybridized carbons (Fsp3) is 0.150. The summed E-state index contributed by atoms with van der Waals surface area (Å²) >= 11 is 0. The molecule has 0 radical (unpaired) electrons. The first-order valence-electron chi connectivity index (χ1n) is 8.99. The summed E-state index contributed by atoms with van der Waals surface area (Å²) in [5.74, 6) is 0.784. The number of hydrogen-bond donors (Lipinski definition) is 3. The number of aromatic nitrogens is 5. The van der Waals surface area contributed by atoms with Gasteiger partial charge in [0.1, 0.15) is 0 Å². The molecule has 9 heteroatoms. The summed E-state index contributed by atoms with van der Waals surface area (Å²) in [6.45, 7) is 1.87. The van der Waals surface area contributed by atoms with Gasteiger partial charge in [-0.1, -0.05) is 6.07 Å². The molecule has 0 aliphatic carbocycles. The van der Waals surface area contributed by atoms with Crippen molar-refractivity contribution in [2.24, 2.45) is 0 Å². The number of H-pyrrole nitrogens is 1. The van der Waals surface area contributed by atoms with Crippen LogP contribution in [-0.4, -0.2) is 42.7 Å². The zero-order valence-corrected chi connectivity index (χ0v) is 15.6. The molecule has 4 rings (SSSR count). The number of benzene rings is 1. The highest BCUT2D eigenvalue weighted by atomic mass is 16.5. The van der Waals surface area contributed by atoms with E-state index in [-0.39, 0.29) is 19.2 Å². The summed E-state index contributed by atoms with van der Waals surface area (Å²) < 4.78 is 4.91. The molecule has 9 nitrogen and oxygen atoms in total. The van der Waals surface area contributed by atoms with E-state index in [1.807, 2.05) is 18.2 Å². The maximum Gasteiger partial charge on any atom is 0.413 e. The van der Waals surface area contributed by atoms with E-state index in [9.17, 15) is 9.90 Å². The van der Waals surface area contributed by atoms with Crippen LogP contribution in [0.3, 0.4) is 0 Å². The van der Waals surface area contributed by atoms with Gasteiger partial charge in [-0.05, 0) is 36.8 Å². The Morgan fingerprint density at radius 3 is 2.69 bits per heavy atom. The maximum atomic E-state index is 11.7. The zero-order valence-electron chi connectivity index (χ0n) is 15.6. The predicted molar refractivity (Wildman–Crippen MR) is 107 cm³/mol. The Balaban J connectivity index is 1.84. The fourth-order valence-corrected chi connectivity index (χ4v) is 2.91. The molecule has 3 N–H and O–H groups in total. The number of aliphatic hydroxyl groups excluding tert-OH is 1. The minimum atomic E-state index is -0.590. The number of carbonyl (C=O) groups excluding carboxylic acids is 1. The van der Waals surface area contributed by atoms with Crippen molar-refractivity contribution in [3.63, 3.8) is 0 Å². The second-order valence-electron chi connectivity index (χ2n) is 6.12. The lowest BCUT2D eigenvalue weighted by Gasteiger charge is -2.07. The minimum Gasteiger partial charge on any atom is -0.450 e. The first kappa shape index (κ1) is 18.5. The molecule has 3 heterocycles. The standard InChI is InChI=1S/C20H18N6O3/c1-2-29-20(28)26-19-24-16-9-13(12-4-5-14(11-27)23-10-12)8-15(17(16)25-19)18-21-6-3-7-22-18/h3-10,27H,2,11H2,1H3,(H2,24,25,26,28). The monoisotopic (exact) mass is 390 g/mol. The quantitative estimate of drug-likeness (QED) is 0.478. The molecule has 0 saturated heterocycles. The van der Waals surface area contributed by atoms with Crippen LogP contribution in [0.15, 0.2) is 48.9 Å². The van der Waals surface area contributed by atoms with Crippen LogP contribution >= 0.6 is 0 Å². The molecule has 0 unspecified atom stereocenters. The molecular weight excluding hydrogens is 372 g/mol. The van der Waals surface area contributed by atoms with Gasteiger partial charge in [0.25, 0.3) is 0 Å². The Kier molecular flexibility index (Phi) is 5.12. The third kappa shape index (κ3) is 3.90. The highest BCUT2D eigenvalue weighted by Crippen LogP contribution is 2.32. The van der Waals surface area contributed by atoms with Crippen LogP contribution in [0.2, 0.25) is 0 Å². The Morgan fingerprint density at radius 2 is 2.00 bits per heavy atom. The van der Waals surface area contributed by atoms with Crippen LogP contribution in [-0.2, 0) is 11.3 Å². The molecule has 0 fully saturated rings. The number of amides is 1. The van der Waals surface area contributed by atoms with Gasteiger partial charge in [0.05, 0.1) is 29.9 Å². The van der Waals surface area contributed by atoms with Gasteiger partial charge >= 0.3 is 6.09 Å². The van der Waals surface area contributed by atoms with Crippen LogP contribution in [0.1, 0.15) is 12.6 Å². The number of aromatic amines is 1. The number of fused-ring (bicyclic) bond motifs is 1. The number of imidazole rings is 1. The first-order valence-corrected chi connectivity index (χ1v) is 8.99. The van der Waals surface area contributed by atoms with Gasteiger partial charge in [0.15, 0.2) is 5.82 Å². The van der Waals surface area contributed by atoms with Gasteiger partial charge in [-0.3, -0.25) is 10.3 Å². The lowest BCUT2D eigenvalue weighted by atomic mass is 10.0. The number of hydrogen-bond acceptors (Lipinski definition) is 7. The Morgan fingerprint density at radius 1 is 1.17 bits per heavy atom. The van der Waals surface area contributed by atoms with Gasteiger partial charge < -0.3 is 14.8 Å². The first-order chi connectivity index (χ1) is 14.2. The van der Waals surface area contributed by atoms with E-state index in [0.29, 0.717) is 22.6 Å². The van der Waals surface area contributed by atoms with Gasteiger partial charge in [-0.25, -0.2) is 19.7 Å². The smallest absolute Gasteiger partial charge is 0.413 e. The number of anilines is 1. The van der Waals surface area contributed by atoms with Crippen molar-refractivity contribution >= 4 is 23.1 Å². The SMILES string of the molecule is CCOC(=O)Nc1nc2cc(-c3ccc(CO)nc3)cc(-c3ncccn3)c2[nH]1. The average Bonchev–Trinajstić information content (AvgIpc) is 3.16. The maximum absolute atomic E-state index is 11.7. The summed E-state index contributed by atoms with van der Waals surface area (Å²) in [6, 6.07) is 9.18. The highest BCUT2D eigenvalue weighted by Gasteiger charge is 2.15. The summed E-state index contributed by atoms with van der Waals surface area (Å²) in [6.07, 6.45) is 4.42. The van der Waals surface area contributed by atoms with Gasteiger partial charge in [-0.15, -0.1) is 0 Å². The summed E-state index contributed by atoms with van der Waals surface area (Å²) in [5.41, 5.74) is 4.33. The van der Waals surface area contributed by atoms with Crippen LogP contribution in [0, 0.1) is 0 Å². The predicted octanol–water partition coefficient (Wildman–Crippen LogP) is 3.14. The van der Waals surface area contributed by atoms with Gasteiger partial charge in [-0.2, -0.15) is 0 Å². The largest absolute Gasteiger partial charge is 0.450 e. The lowest BCUT2D eigenvalue weighted by Crippen LogP contribution is -2.14. The molecule has 0 saturated carbocycles. The van der Waals surface area contributed by atoms with E-state index in [1.165, 1.54) is 0 Å². The van der Waals surface area contributed by atoms with E-state index in [0.717, 1.165) is 16.7 Å². The molecule has 0 spiro atoms. The molecule has 0 aliphatic rings. The molecule has 146 valence electrons. The third-order valence-electron chi connectivity index (χ3n) is 4.22. The van der Waals surface area contributed by atoms with E-state index in [4.69, 9.17) is 4.74 Å². The highest BCUT2D eigenvalue weighted by molar-refractivity contribution is 5.96. The van der Waals surface area contributed by atoms with Gasteiger partial charge in [0.2, 0.25) is 5.95 Å². The minimum absolute atomic E-state index is 0.120. The van der Waals surface area contributed by atoms with E-state index < -0.39 is 6.09 Å². The molecule has 1 aromatic carbocycles. The zero-order chi connectivity index (χ0) is 20.2. The fourth-order valence-electron chi connectivity index (χ4n) is 2.91. The van der Waals surface area contributed by atoms with Crippen molar-refractivity contribution < 1.29 is 14.6 Å². The molecular formula is C20H18N6O3. The second kappa shape index (κ2) is 8.03. The Labute approximate surface area is 165 Å². The summed E-state index contributed by atoms with van der Waals surface area (Å²) in [7, 11) is 0. The third-order valence-corrected chi connectivity index (χ3v) is 4.22. The van der Waals surface area contributed by atoms with Gasteiger partial charge in [0, 0.05) is 29.7 Å². The van der Waals surface area contributed by atoms with Crippen LogP contribution in [0.4, 0.5) is 10.7 Å². The number of pyridine rings is 1. The van der Waals surface area contributed by atoms with E-state index >= 15 is 0 Å². The molecule has 1 amide bonds. The Bertz CT molecular complexity index is 1140. The summed E-state index contributed by atoms with van der Waals surface area (Å²) in [5, 5.41) is 11.8. The van der Waals surface area contributed by atoms with Crippen LogP contribution in [0.25, 0.3) is 33.5 Å². The number of rotatable bonds is 5. The molecule has 0 atom stereocenters. The Hall–Kier alpha value is -3.85. The molecule has 29 heavy (non-hydrogen) atoms. The normalized spacial score (nSPS) is 10.8. The second-order valence-corrected chi connectivity index (χ2v) is 6.12. The number of aliphatic hydroxyl groups is 1. The van der Waals surface area contributed by atoms with Crippen LogP contribution < -0.4 is 5.32 Å². The van der Waals surface area contributed by atoms with Crippen molar-refractivity contribution in [3.8, 4) is 22.5 Å². The van der Waals surface area contributed by atoms with Crippen molar-refractivity contribution in [1.82, 2.24) is 24.9 Å². The topological polar surface area (TPSA) is 126 Å². The molecule has 3 aromatic heterocycles. The molecule has 4 aromatic rings. The summed E-state index contributed by atoms with van der Waals surface area (Å²) in [4.78, 5) is 32.2. The number of nitrogens with zero attached hydrogens (tertiary/aromatic N) is 4. The average molecular weight is 390 g/mol. The van der Waals surface area contributed by atoms with Crippen molar-refractivity contribution in [2.75, 3.05) is 11.9 Å². The van der Waals surface area contributed by atoms with E-state index in [2.05, 4.69) is 30.2 Å². The van der Waals surface area contributed by atoms with Crippen LogP contribution in [0.5, 0.6) is 0 Å². The lowest BCUT2D eigenvalue weighted by molar-refractivity contribution is 0.167. The molecule has 0 aliphatic heterocycles. The van der Waals surface area contributed by atoms with Crippen molar-refractivity contribution in [1.29, 1.82) is 0 Å².